The Morgan fingerprint density at radius 1 is 1.39 bits per heavy atom. The summed E-state index contributed by atoms with van der Waals surface area (Å²) in [5, 5.41) is 17.3. The first-order valence-corrected chi connectivity index (χ1v) is 7.12. The van der Waals surface area contributed by atoms with Crippen molar-refractivity contribution in [2.45, 2.75) is 44.2 Å². The largest absolute Gasteiger partial charge is 0.394 e. The molecule has 4 atom stereocenters. The topological polar surface area (TPSA) is 150 Å². The van der Waals surface area contributed by atoms with Gasteiger partial charge in [-0.25, -0.2) is 0 Å². The second-order valence-corrected chi connectivity index (χ2v) is 5.97. The predicted molar refractivity (Wildman–Crippen MR) is 75.2 cm³/mol. The molecule has 11 nitrogen and oxygen atoms in total. The molecule has 0 bridgehead atoms. The van der Waals surface area contributed by atoms with Crippen molar-refractivity contribution in [2.75, 3.05) is 12.3 Å². The highest BCUT2D eigenvalue weighted by molar-refractivity contribution is 5.69. The van der Waals surface area contributed by atoms with Gasteiger partial charge in [-0.05, 0) is 13.8 Å². The Hall–Kier alpha value is -2.08. The number of aliphatic hydroxyl groups is 1. The number of hydrogen-bond acceptors (Lipinski definition) is 9. The molecule has 0 spiro atoms. The van der Waals surface area contributed by atoms with Gasteiger partial charge in [-0.15, -0.1) is 5.10 Å². The van der Waals surface area contributed by atoms with Crippen molar-refractivity contribution in [1.82, 2.24) is 25.0 Å². The molecule has 2 fully saturated rings. The smallest absolute Gasteiger partial charge is 0.282 e. The maximum atomic E-state index is 11.9. The fourth-order valence-corrected chi connectivity index (χ4v) is 3.03. The highest BCUT2D eigenvalue weighted by Crippen LogP contribution is 2.43. The Morgan fingerprint density at radius 2 is 2.13 bits per heavy atom. The average molecular weight is 324 g/mol. The molecule has 23 heavy (non-hydrogen) atoms. The minimum Gasteiger partial charge on any atom is -0.394 e. The Bertz CT molecular complexity index is 816. The SMILES string of the molecule is CC1(C)OC2C(CO)OC(n3nnc4c(=O)[nH]c(N)nc43)C2O1. The van der Waals surface area contributed by atoms with Gasteiger partial charge in [0.1, 0.15) is 18.3 Å². The molecule has 0 aliphatic carbocycles. The summed E-state index contributed by atoms with van der Waals surface area (Å²) >= 11 is 0. The standard InChI is InChI=1S/C12H16N6O5/c1-12(2)22-6-4(3-19)21-10(7(6)23-12)18-8-5(16-17-18)9(20)15-11(13)14-8/h4,6-7,10,19H,3H2,1-2H3,(H3,13,14,15,20). The number of rotatable bonds is 2. The van der Waals surface area contributed by atoms with Gasteiger partial charge in [0.2, 0.25) is 5.95 Å². The molecule has 0 aromatic carbocycles. The molecule has 2 aromatic rings. The number of nitrogens with zero attached hydrogens (tertiary/aromatic N) is 4. The van der Waals surface area contributed by atoms with E-state index >= 15 is 0 Å². The van der Waals surface area contributed by atoms with E-state index in [-0.39, 0.29) is 23.7 Å². The van der Waals surface area contributed by atoms with Crippen LogP contribution in [0.15, 0.2) is 4.79 Å². The average Bonchev–Trinajstić information content (AvgIpc) is 3.09. The molecule has 4 N–H and O–H groups in total. The summed E-state index contributed by atoms with van der Waals surface area (Å²) in [5.41, 5.74) is 5.32. The van der Waals surface area contributed by atoms with Gasteiger partial charge in [0, 0.05) is 0 Å². The van der Waals surface area contributed by atoms with Crippen LogP contribution < -0.4 is 11.3 Å². The second kappa shape index (κ2) is 4.71. The van der Waals surface area contributed by atoms with Gasteiger partial charge in [0.05, 0.1) is 6.61 Å². The van der Waals surface area contributed by atoms with Gasteiger partial charge in [-0.2, -0.15) is 9.67 Å². The van der Waals surface area contributed by atoms with Crippen LogP contribution in [0.25, 0.3) is 11.2 Å². The number of aromatic amines is 1. The molecule has 124 valence electrons. The number of ether oxygens (including phenoxy) is 3. The molecule has 2 saturated heterocycles. The van der Waals surface area contributed by atoms with Crippen LogP contribution in [-0.2, 0) is 14.2 Å². The first kappa shape index (κ1) is 14.5. The molecule has 2 aliphatic heterocycles. The van der Waals surface area contributed by atoms with E-state index in [0.29, 0.717) is 0 Å². The van der Waals surface area contributed by atoms with E-state index in [9.17, 15) is 9.90 Å². The third-order valence-electron chi connectivity index (χ3n) is 3.90. The fourth-order valence-electron chi connectivity index (χ4n) is 3.03. The molecule has 0 radical (unpaired) electrons. The molecular formula is C12H16N6O5. The van der Waals surface area contributed by atoms with Gasteiger partial charge in [0.15, 0.2) is 23.2 Å². The molecule has 4 unspecified atom stereocenters. The molecule has 2 aromatic heterocycles. The number of fused-ring (bicyclic) bond motifs is 2. The monoisotopic (exact) mass is 324 g/mol. The van der Waals surface area contributed by atoms with E-state index < -0.39 is 35.9 Å². The molecule has 2 aliphatic rings. The van der Waals surface area contributed by atoms with Crippen LogP contribution in [0.2, 0.25) is 0 Å². The van der Waals surface area contributed by atoms with Gasteiger partial charge in [0.25, 0.3) is 5.56 Å². The molecule has 4 heterocycles. The Balaban J connectivity index is 1.80. The molecule has 0 saturated carbocycles. The molecule has 11 heteroatoms. The summed E-state index contributed by atoms with van der Waals surface area (Å²) in [5.74, 6) is -0.867. The van der Waals surface area contributed by atoms with Crippen molar-refractivity contribution in [2.24, 2.45) is 0 Å². The first-order valence-electron chi connectivity index (χ1n) is 7.12. The Kier molecular flexibility index (Phi) is 2.97. The summed E-state index contributed by atoms with van der Waals surface area (Å²) in [6.07, 6.45) is -2.30. The number of anilines is 1. The van der Waals surface area contributed by atoms with Crippen molar-refractivity contribution < 1.29 is 19.3 Å². The van der Waals surface area contributed by atoms with Crippen molar-refractivity contribution in [3.63, 3.8) is 0 Å². The van der Waals surface area contributed by atoms with Gasteiger partial charge in [-0.3, -0.25) is 9.78 Å². The fraction of sp³-hybridized carbons (Fsp3) is 0.667. The minimum absolute atomic E-state index is 0.0463. The summed E-state index contributed by atoms with van der Waals surface area (Å²) in [6.45, 7) is 3.31. The zero-order chi connectivity index (χ0) is 16.4. The maximum Gasteiger partial charge on any atom is 0.282 e. The second-order valence-electron chi connectivity index (χ2n) is 5.97. The number of nitrogens with one attached hydrogen (secondary N) is 1. The lowest BCUT2D eigenvalue weighted by atomic mass is 10.1. The van der Waals surface area contributed by atoms with Crippen LogP contribution in [0, 0.1) is 0 Å². The van der Waals surface area contributed by atoms with Crippen LogP contribution in [0.1, 0.15) is 20.1 Å². The normalized spacial score (nSPS) is 32.5. The summed E-state index contributed by atoms with van der Waals surface area (Å²) in [4.78, 5) is 18.3. The number of aliphatic hydroxyl groups excluding tert-OH is 1. The van der Waals surface area contributed by atoms with Crippen LogP contribution in [0.4, 0.5) is 5.95 Å². The number of H-pyrrole nitrogens is 1. The quantitative estimate of drug-likeness (QED) is 0.600. The Labute approximate surface area is 129 Å². The maximum absolute atomic E-state index is 11.9. The molecular weight excluding hydrogens is 308 g/mol. The van der Waals surface area contributed by atoms with Gasteiger partial charge >= 0.3 is 0 Å². The number of nitrogen functional groups attached to an aromatic ring is 1. The third kappa shape index (κ3) is 2.12. The van der Waals surface area contributed by atoms with E-state index in [1.54, 1.807) is 13.8 Å². The van der Waals surface area contributed by atoms with Gasteiger partial charge < -0.3 is 25.1 Å². The van der Waals surface area contributed by atoms with E-state index in [2.05, 4.69) is 20.3 Å². The number of hydrogen-bond donors (Lipinski definition) is 3. The van der Waals surface area contributed by atoms with Crippen LogP contribution in [0.5, 0.6) is 0 Å². The van der Waals surface area contributed by atoms with E-state index in [4.69, 9.17) is 19.9 Å². The lowest BCUT2D eigenvalue weighted by molar-refractivity contribution is -0.201. The molecule has 4 rings (SSSR count). The van der Waals surface area contributed by atoms with Crippen molar-refractivity contribution >= 4 is 17.1 Å². The van der Waals surface area contributed by atoms with Crippen molar-refractivity contribution in [3.8, 4) is 0 Å². The molecule has 0 amide bonds. The highest BCUT2D eigenvalue weighted by atomic mass is 16.8. The lowest BCUT2D eigenvalue weighted by Gasteiger charge is -2.23. The van der Waals surface area contributed by atoms with Gasteiger partial charge in [-0.1, -0.05) is 5.21 Å². The van der Waals surface area contributed by atoms with Crippen LogP contribution in [0.3, 0.4) is 0 Å². The summed E-state index contributed by atoms with van der Waals surface area (Å²) < 4.78 is 18.7. The van der Waals surface area contributed by atoms with Crippen molar-refractivity contribution in [3.05, 3.63) is 10.4 Å². The van der Waals surface area contributed by atoms with E-state index in [1.807, 2.05) is 0 Å². The van der Waals surface area contributed by atoms with Crippen LogP contribution >= 0.6 is 0 Å². The zero-order valence-electron chi connectivity index (χ0n) is 12.5. The van der Waals surface area contributed by atoms with Crippen LogP contribution in [-0.4, -0.2) is 60.8 Å². The highest BCUT2D eigenvalue weighted by Gasteiger charge is 2.56. The zero-order valence-corrected chi connectivity index (χ0v) is 12.5. The van der Waals surface area contributed by atoms with E-state index in [1.165, 1.54) is 4.68 Å². The first-order chi connectivity index (χ1) is 10.9. The Morgan fingerprint density at radius 3 is 2.87 bits per heavy atom. The third-order valence-corrected chi connectivity index (χ3v) is 3.90. The summed E-state index contributed by atoms with van der Waals surface area (Å²) in [7, 11) is 0. The predicted octanol–water partition coefficient (Wildman–Crippen LogP) is -1.49. The lowest BCUT2D eigenvalue weighted by Crippen LogP contribution is -2.31. The summed E-state index contributed by atoms with van der Waals surface area (Å²) in [6, 6.07) is 0. The van der Waals surface area contributed by atoms with E-state index in [0.717, 1.165) is 0 Å². The number of nitrogens with two attached hydrogens (primary N) is 1. The van der Waals surface area contributed by atoms with Crippen molar-refractivity contribution in [1.29, 1.82) is 0 Å². The number of aromatic nitrogens is 5. The minimum atomic E-state index is -0.814.